The molecule has 1 aromatic carbocycles. The van der Waals surface area contributed by atoms with Gasteiger partial charge in [-0.2, -0.15) is 0 Å². The molecule has 0 aromatic heterocycles. The molecule has 4 heteroatoms. The standard InChI is InChI=1S/C19H28N2O.ClH/c1-18(12-9-16-7-3-2-4-8-16)13-14-21(15-18)17(22)19(20)10-5-6-11-19;/h2-4,7-8H,5-6,9-15,20H2,1H3;1H. The van der Waals surface area contributed by atoms with Crippen LogP contribution in [0.4, 0.5) is 0 Å². The first-order valence-electron chi connectivity index (χ1n) is 8.63. The van der Waals surface area contributed by atoms with E-state index in [4.69, 9.17) is 5.73 Å². The Bertz CT molecular complexity index is 527. The molecule has 0 radical (unpaired) electrons. The summed E-state index contributed by atoms with van der Waals surface area (Å²) in [5.41, 5.74) is 7.41. The highest BCUT2D eigenvalue weighted by molar-refractivity contribution is 5.86. The number of aryl methyl sites for hydroxylation is 1. The molecule has 3 rings (SSSR count). The molecule has 2 fully saturated rings. The van der Waals surface area contributed by atoms with Crippen molar-refractivity contribution in [3.63, 3.8) is 0 Å². The molecule has 1 unspecified atom stereocenters. The third-order valence-electron chi connectivity index (χ3n) is 5.63. The van der Waals surface area contributed by atoms with Gasteiger partial charge in [0.15, 0.2) is 0 Å². The Labute approximate surface area is 146 Å². The zero-order valence-electron chi connectivity index (χ0n) is 14.1. The van der Waals surface area contributed by atoms with E-state index in [9.17, 15) is 4.79 Å². The normalized spacial score (nSPS) is 26.1. The van der Waals surface area contributed by atoms with Crippen molar-refractivity contribution >= 4 is 18.3 Å². The summed E-state index contributed by atoms with van der Waals surface area (Å²) in [5.74, 6) is 0.202. The molecule has 2 aliphatic rings. The smallest absolute Gasteiger partial charge is 0.242 e. The Kier molecular flexibility index (Phi) is 5.74. The molecular weight excluding hydrogens is 308 g/mol. The van der Waals surface area contributed by atoms with Crippen molar-refractivity contribution in [2.75, 3.05) is 13.1 Å². The number of nitrogens with two attached hydrogens (primary N) is 1. The molecule has 1 heterocycles. The van der Waals surface area contributed by atoms with Gasteiger partial charge in [0.2, 0.25) is 5.91 Å². The highest BCUT2D eigenvalue weighted by Crippen LogP contribution is 2.37. The second kappa shape index (κ2) is 7.23. The molecule has 1 amide bonds. The van der Waals surface area contributed by atoms with Gasteiger partial charge in [-0.25, -0.2) is 0 Å². The maximum Gasteiger partial charge on any atom is 0.242 e. The first-order chi connectivity index (χ1) is 10.5. The number of halogens is 1. The quantitative estimate of drug-likeness (QED) is 0.914. The summed E-state index contributed by atoms with van der Waals surface area (Å²) in [5, 5.41) is 0. The van der Waals surface area contributed by atoms with Crippen LogP contribution >= 0.6 is 12.4 Å². The number of carbonyl (C=O) groups excluding carboxylic acids is 1. The lowest BCUT2D eigenvalue weighted by Gasteiger charge is -2.30. The van der Waals surface area contributed by atoms with Crippen LogP contribution in [0, 0.1) is 5.41 Å². The van der Waals surface area contributed by atoms with Gasteiger partial charge in [-0.15, -0.1) is 12.4 Å². The summed E-state index contributed by atoms with van der Waals surface area (Å²) in [6.07, 6.45) is 7.25. The fourth-order valence-electron chi connectivity index (χ4n) is 4.03. The van der Waals surface area contributed by atoms with E-state index in [-0.39, 0.29) is 23.7 Å². The van der Waals surface area contributed by atoms with Crippen LogP contribution < -0.4 is 5.73 Å². The first-order valence-corrected chi connectivity index (χ1v) is 8.63. The minimum Gasteiger partial charge on any atom is -0.341 e. The highest BCUT2D eigenvalue weighted by atomic mass is 35.5. The minimum atomic E-state index is -0.565. The fourth-order valence-corrected chi connectivity index (χ4v) is 4.03. The predicted octanol–water partition coefficient (Wildman–Crippen LogP) is 3.55. The van der Waals surface area contributed by atoms with Crippen LogP contribution in [0.2, 0.25) is 0 Å². The molecule has 1 aromatic rings. The molecule has 1 saturated heterocycles. The van der Waals surface area contributed by atoms with E-state index < -0.39 is 5.54 Å². The van der Waals surface area contributed by atoms with Gasteiger partial charge in [-0.3, -0.25) is 4.79 Å². The number of carbonyl (C=O) groups is 1. The van der Waals surface area contributed by atoms with E-state index in [1.165, 1.54) is 5.56 Å². The van der Waals surface area contributed by atoms with E-state index in [0.29, 0.717) is 0 Å². The Morgan fingerprint density at radius 3 is 2.48 bits per heavy atom. The van der Waals surface area contributed by atoms with Gasteiger partial charge in [0.05, 0.1) is 5.54 Å². The summed E-state index contributed by atoms with van der Waals surface area (Å²) >= 11 is 0. The van der Waals surface area contributed by atoms with Crippen LogP contribution in [0.25, 0.3) is 0 Å². The van der Waals surface area contributed by atoms with E-state index in [1.54, 1.807) is 0 Å². The molecule has 23 heavy (non-hydrogen) atoms. The number of amides is 1. The third-order valence-corrected chi connectivity index (χ3v) is 5.63. The zero-order valence-corrected chi connectivity index (χ0v) is 14.9. The van der Waals surface area contributed by atoms with E-state index >= 15 is 0 Å². The van der Waals surface area contributed by atoms with Crippen molar-refractivity contribution in [3.8, 4) is 0 Å². The summed E-state index contributed by atoms with van der Waals surface area (Å²) in [6, 6.07) is 10.6. The third kappa shape index (κ3) is 4.07. The van der Waals surface area contributed by atoms with Crippen molar-refractivity contribution in [2.45, 2.75) is 57.4 Å². The SMILES string of the molecule is CC1(CCc2ccccc2)CCN(C(=O)C2(N)CCCC2)C1.Cl. The largest absolute Gasteiger partial charge is 0.341 e. The minimum absolute atomic E-state index is 0. The molecule has 2 N–H and O–H groups in total. The van der Waals surface area contributed by atoms with Crippen LogP contribution in [0.5, 0.6) is 0 Å². The molecular formula is C19H29ClN2O. The highest BCUT2D eigenvalue weighted by Gasteiger charge is 2.44. The van der Waals surface area contributed by atoms with Crippen LogP contribution in [0.1, 0.15) is 51.0 Å². The van der Waals surface area contributed by atoms with Crippen LogP contribution in [-0.4, -0.2) is 29.4 Å². The Morgan fingerprint density at radius 2 is 1.83 bits per heavy atom. The number of hydrogen-bond acceptors (Lipinski definition) is 2. The second-order valence-electron chi connectivity index (χ2n) is 7.64. The first kappa shape index (κ1) is 18.3. The lowest BCUT2D eigenvalue weighted by molar-refractivity contribution is -0.136. The van der Waals surface area contributed by atoms with Crippen LogP contribution in [0.3, 0.4) is 0 Å². The van der Waals surface area contributed by atoms with Crippen LogP contribution in [-0.2, 0) is 11.2 Å². The van der Waals surface area contributed by atoms with Crippen molar-refractivity contribution in [2.24, 2.45) is 11.1 Å². The van der Waals surface area contributed by atoms with Crippen molar-refractivity contribution in [1.82, 2.24) is 4.90 Å². The van der Waals surface area contributed by atoms with E-state index in [1.807, 2.05) is 4.90 Å². The lowest BCUT2D eigenvalue weighted by atomic mass is 9.83. The lowest BCUT2D eigenvalue weighted by Crippen LogP contribution is -2.53. The molecule has 1 aliphatic carbocycles. The Morgan fingerprint density at radius 1 is 1.17 bits per heavy atom. The summed E-state index contributed by atoms with van der Waals surface area (Å²) in [6.45, 7) is 4.07. The van der Waals surface area contributed by atoms with Gasteiger partial charge >= 0.3 is 0 Å². The predicted molar refractivity (Wildman–Crippen MR) is 96.7 cm³/mol. The maximum absolute atomic E-state index is 12.7. The van der Waals surface area contributed by atoms with Gasteiger partial charge in [-0.05, 0) is 43.1 Å². The number of benzene rings is 1. The van der Waals surface area contributed by atoms with Crippen molar-refractivity contribution < 1.29 is 4.79 Å². The van der Waals surface area contributed by atoms with Gasteiger partial charge in [0.25, 0.3) is 0 Å². The molecule has 1 saturated carbocycles. The summed E-state index contributed by atoms with van der Waals surface area (Å²) in [4.78, 5) is 14.8. The molecule has 1 atom stereocenters. The van der Waals surface area contributed by atoms with Crippen molar-refractivity contribution in [3.05, 3.63) is 35.9 Å². The average Bonchev–Trinajstić information content (AvgIpc) is 3.14. The average molecular weight is 337 g/mol. The van der Waals surface area contributed by atoms with Crippen LogP contribution in [0.15, 0.2) is 30.3 Å². The summed E-state index contributed by atoms with van der Waals surface area (Å²) < 4.78 is 0. The number of likely N-dealkylation sites (tertiary alicyclic amines) is 1. The molecule has 0 spiro atoms. The number of nitrogens with zero attached hydrogens (tertiary/aromatic N) is 1. The molecule has 0 bridgehead atoms. The zero-order chi connectivity index (χ0) is 15.6. The Balaban J connectivity index is 0.00000192. The van der Waals surface area contributed by atoms with Gasteiger partial charge in [0, 0.05) is 13.1 Å². The Hall–Kier alpha value is -1.06. The second-order valence-corrected chi connectivity index (χ2v) is 7.64. The monoisotopic (exact) mass is 336 g/mol. The van der Waals surface area contributed by atoms with E-state index in [0.717, 1.165) is 58.0 Å². The number of hydrogen-bond donors (Lipinski definition) is 1. The molecule has 128 valence electrons. The topological polar surface area (TPSA) is 46.3 Å². The van der Waals surface area contributed by atoms with Gasteiger partial charge in [-0.1, -0.05) is 50.1 Å². The fraction of sp³-hybridized carbons (Fsp3) is 0.632. The molecule has 1 aliphatic heterocycles. The molecule has 3 nitrogen and oxygen atoms in total. The van der Waals surface area contributed by atoms with Gasteiger partial charge in [0.1, 0.15) is 0 Å². The summed E-state index contributed by atoms with van der Waals surface area (Å²) in [7, 11) is 0. The van der Waals surface area contributed by atoms with Crippen molar-refractivity contribution in [1.29, 1.82) is 0 Å². The van der Waals surface area contributed by atoms with Gasteiger partial charge < -0.3 is 10.6 Å². The maximum atomic E-state index is 12.7. The van der Waals surface area contributed by atoms with E-state index in [2.05, 4.69) is 37.3 Å². The number of rotatable bonds is 4.